The highest BCUT2D eigenvalue weighted by molar-refractivity contribution is 7.86. The minimum absolute atomic E-state index is 0. The zero-order valence-electron chi connectivity index (χ0n) is 13.8. The van der Waals surface area contributed by atoms with E-state index < -0.39 is 10.2 Å². The zero-order chi connectivity index (χ0) is 15.5. The van der Waals surface area contributed by atoms with E-state index in [2.05, 4.69) is 12.2 Å². The minimum Gasteiger partial charge on any atom is -0.375 e. The topological polar surface area (TPSA) is 61.9 Å². The SMILES string of the molecule is CCNCC1CCN(S(=O)(=O)N2CC(C)OCC2C)CC1.Cl. The number of piperidine rings is 1. The number of hydrogen-bond donors (Lipinski definition) is 1. The van der Waals surface area contributed by atoms with Crippen LogP contribution in [0.5, 0.6) is 0 Å². The smallest absolute Gasteiger partial charge is 0.282 e. The Labute approximate surface area is 141 Å². The summed E-state index contributed by atoms with van der Waals surface area (Å²) in [6.45, 7) is 10.1. The summed E-state index contributed by atoms with van der Waals surface area (Å²) in [5.41, 5.74) is 0. The van der Waals surface area contributed by atoms with Crippen LogP contribution in [0.25, 0.3) is 0 Å². The fraction of sp³-hybridized carbons (Fsp3) is 1.00. The Kier molecular flexibility index (Phi) is 8.05. The number of nitrogens with zero attached hydrogens (tertiary/aromatic N) is 2. The molecule has 0 aliphatic carbocycles. The summed E-state index contributed by atoms with van der Waals surface area (Å²) in [4.78, 5) is 0. The standard InChI is InChI=1S/C14H29N3O3S.ClH/c1-4-15-9-14-5-7-16(8-6-14)21(18,19)17-10-13(3)20-11-12(17)2;/h12-15H,4-11H2,1-3H3;1H. The molecule has 1 N–H and O–H groups in total. The molecule has 0 spiro atoms. The van der Waals surface area contributed by atoms with Crippen molar-refractivity contribution < 1.29 is 13.2 Å². The van der Waals surface area contributed by atoms with Gasteiger partial charge in [0.05, 0.1) is 12.7 Å². The van der Waals surface area contributed by atoms with E-state index >= 15 is 0 Å². The van der Waals surface area contributed by atoms with Crippen LogP contribution >= 0.6 is 12.4 Å². The molecule has 2 aliphatic heterocycles. The molecule has 0 radical (unpaired) electrons. The van der Waals surface area contributed by atoms with E-state index in [4.69, 9.17) is 4.74 Å². The maximum atomic E-state index is 12.8. The van der Waals surface area contributed by atoms with Gasteiger partial charge in [0, 0.05) is 25.7 Å². The molecule has 0 bridgehead atoms. The fourth-order valence-electron chi connectivity index (χ4n) is 3.04. The van der Waals surface area contributed by atoms with Gasteiger partial charge in [-0.05, 0) is 45.7 Å². The molecule has 0 aromatic rings. The lowest BCUT2D eigenvalue weighted by Gasteiger charge is -2.40. The number of hydrogen-bond acceptors (Lipinski definition) is 4. The van der Waals surface area contributed by atoms with Gasteiger partial charge in [-0.2, -0.15) is 17.0 Å². The highest BCUT2D eigenvalue weighted by Gasteiger charge is 2.38. The molecule has 2 aliphatic rings. The van der Waals surface area contributed by atoms with Crippen molar-refractivity contribution in [3.8, 4) is 0 Å². The van der Waals surface area contributed by atoms with Gasteiger partial charge in [-0.3, -0.25) is 0 Å². The molecular weight excluding hydrogens is 326 g/mol. The maximum absolute atomic E-state index is 12.8. The predicted octanol–water partition coefficient (Wildman–Crippen LogP) is 1.08. The summed E-state index contributed by atoms with van der Waals surface area (Å²) in [6.07, 6.45) is 1.86. The van der Waals surface area contributed by atoms with Gasteiger partial charge in [0.2, 0.25) is 0 Å². The second kappa shape index (κ2) is 8.80. The van der Waals surface area contributed by atoms with E-state index in [0.29, 0.717) is 32.2 Å². The first-order valence-corrected chi connectivity index (χ1v) is 9.44. The molecule has 2 atom stereocenters. The molecule has 2 rings (SSSR count). The highest BCUT2D eigenvalue weighted by Crippen LogP contribution is 2.24. The molecule has 2 unspecified atom stereocenters. The third-order valence-corrected chi connectivity index (χ3v) is 6.55. The summed E-state index contributed by atoms with van der Waals surface area (Å²) < 4.78 is 34.4. The average molecular weight is 356 g/mol. The van der Waals surface area contributed by atoms with Crippen LogP contribution in [0.4, 0.5) is 0 Å². The van der Waals surface area contributed by atoms with E-state index in [0.717, 1.165) is 25.9 Å². The van der Waals surface area contributed by atoms with Crippen molar-refractivity contribution in [2.24, 2.45) is 5.92 Å². The van der Waals surface area contributed by atoms with Gasteiger partial charge >= 0.3 is 0 Å². The molecule has 2 fully saturated rings. The normalized spacial score (nSPS) is 29.2. The van der Waals surface area contributed by atoms with Gasteiger partial charge in [0.1, 0.15) is 0 Å². The van der Waals surface area contributed by atoms with Gasteiger partial charge in [0.15, 0.2) is 0 Å². The van der Waals surface area contributed by atoms with Crippen LogP contribution in [0.15, 0.2) is 0 Å². The largest absolute Gasteiger partial charge is 0.375 e. The van der Waals surface area contributed by atoms with E-state index in [-0.39, 0.29) is 24.6 Å². The quantitative estimate of drug-likeness (QED) is 0.801. The van der Waals surface area contributed by atoms with Crippen LogP contribution in [0.1, 0.15) is 33.6 Å². The number of morpholine rings is 1. The Balaban J connectivity index is 0.00000242. The van der Waals surface area contributed by atoms with Crippen LogP contribution < -0.4 is 5.32 Å². The van der Waals surface area contributed by atoms with Gasteiger partial charge in [-0.1, -0.05) is 6.92 Å². The first kappa shape index (κ1) is 20.1. The van der Waals surface area contributed by atoms with Gasteiger partial charge in [-0.25, -0.2) is 0 Å². The van der Waals surface area contributed by atoms with E-state index in [1.54, 1.807) is 8.61 Å². The Morgan fingerprint density at radius 3 is 2.45 bits per heavy atom. The maximum Gasteiger partial charge on any atom is 0.282 e. The number of ether oxygens (including phenoxy) is 1. The lowest BCUT2D eigenvalue weighted by Crippen LogP contribution is -2.56. The Morgan fingerprint density at radius 1 is 1.23 bits per heavy atom. The average Bonchev–Trinajstić information content (AvgIpc) is 2.48. The third kappa shape index (κ3) is 4.79. The molecule has 22 heavy (non-hydrogen) atoms. The summed E-state index contributed by atoms with van der Waals surface area (Å²) in [5, 5.41) is 3.35. The first-order chi connectivity index (χ1) is 9.95. The van der Waals surface area contributed by atoms with Crippen molar-refractivity contribution in [1.82, 2.24) is 13.9 Å². The Hall–Kier alpha value is 0.0800. The van der Waals surface area contributed by atoms with Crippen molar-refractivity contribution in [2.75, 3.05) is 39.3 Å². The Morgan fingerprint density at radius 2 is 1.86 bits per heavy atom. The molecule has 0 aromatic heterocycles. The molecular formula is C14H30ClN3O3S. The van der Waals surface area contributed by atoms with Crippen LogP contribution in [-0.4, -0.2) is 68.5 Å². The second-order valence-electron chi connectivity index (χ2n) is 6.22. The van der Waals surface area contributed by atoms with Crippen LogP contribution in [0, 0.1) is 5.92 Å². The molecule has 2 saturated heterocycles. The van der Waals surface area contributed by atoms with E-state index in [1.165, 1.54) is 0 Å². The molecule has 0 aromatic carbocycles. The van der Waals surface area contributed by atoms with Crippen LogP contribution in [-0.2, 0) is 14.9 Å². The summed E-state index contributed by atoms with van der Waals surface area (Å²) in [5.74, 6) is 0.595. The molecule has 132 valence electrons. The predicted molar refractivity (Wildman–Crippen MR) is 90.6 cm³/mol. The number of rotatable bonds is 5. The molecule has 0 saturated carbocycles. The van der Waals surface area contributed by atoms with Gasteiger partial charge in [-0.15, -0.1) is 12.4 Å². The van der Waals surface area contributed by atoms with Crippen molar-refractivity contribution >= 4 is 22.6 Å². The van der Waals surface area contributed by atoms with Crippen molar-refractivity contribution in [1.29, 1.82) is 0 Å². The van der Waals surface area contributed by atoms with Crippen LogP contribution in [0.2, 0.25) is 0 Å². The zero-order valence-corrected chi connectivity index (χ0v) is 15.5. The van der Waals surface area contributed by atoms with Crippen molar-refractivity contribution in [3.05, 3.63) is 0 Å². The Bertz CT molecular complexity index is 427. The number of halogens is 1. The summed E-state index contributed by atoms with van der Waals surface area (Å²) in [6, 6.07) is -0.0781. The number of nitrogens with one attached hydrogen (secondary N) is 1. The molecule has 8 heteroatoms. The van der Waals surface area contributed by atoms with Gasteiger partial charge in [0.25, 0.3) is 10.2 Å². The summed E-state index contributed by atoms with van der Waals surface area (Å²) in [7, 11) is -3.34. The second-order valence-corrected chi connectivity index (χ2v) is 8.10. The lowest BCUT2D eigenvalue weighted by molar-refractivity contribution is -0.0194. The van der Waals surface area contributed by atoms with E-state index in [1.807, 2.05) is 13.8 Å². The molecule has 2 heterocycles. The van der Waals surface area contributed by atoms with Crippen molar-refractivity contribution in [2.45, 2.75) is 45.8 Å². The van der Waals surface area contributed by atoms with Gasteiger partial charge < -0.3 is 10.1 Å². The minimum atomic E-state index is -3.34. The van der Waals surface area contributed by atoms with E-state index in [9.17, 15) is 8.42 Å². The fourth-order valence-corrected chi connectivity index (χ4v) is 4.92. The highest BCUT2D eigenvalue weighted by atomic mass is 35.5. The monoisotopic (exact) mass is 355 g/mol. The third-order valence-electron chi connectivity index (χ3n) is 4.43. The first-order valence-electron chi connectivity index (χ1n) is 8.04. The molecule has 6 nitrogen and oxygen atoms in total. The summed E-state index contributed by atoms with van der Waals surface area (Å²) >= 11 is 0. The lowest BCUT2D eigenvalue weighted by atomic mass is 9.98. The van der Waals surface area contributed by atoms with Crippen molar-refractivity contribution in [3.63, 3.8) is 0 Å². The van der Waals surface area contributed by atoms with Crippen LogP contribution in [0.3, 0.4) is 0 Å². The molecule has 0 amide bonds.